The van der Waals surface area contributed by atoms with Gasteiger partial charge in [-0.3, -0.25) is 13.9 Å². The highest BCUT2D eigenvalue weighted by Gasteiger charge is 2.34. The summed E-state index contributed by atoms with van der Waals surface area (Å²) in [5.74, 6) is -0.964. The molecule has 10 heteroatoms. The van der Waals surface area contributed by atoms with E-state index in [0.29, 0.717) is 17.9 Å². The highest BCUT2D eigenvalue weighted by molar-refractivity contribution is 7.92. The van der Waals surface area contributed by atoms with Crippen LogP contribution in [0.5, 0.6) is 5.75 Å². The Bertz CT molecular complexity index is 1430. The van der Waals surface area contributed by atoms with E-state index >= 15 is 4.39 Å². The molecule has 0 heterocycles. The number of methoxy groups -OCH3 is 1. The number of carbonyl (C=O) groups excluding carboxylic acids is 2. The normalized spacial score (nSPS) is 12.1. The molecule has 0 bridgehead atoms. The summed E-state index contributed by atoms with van der Waals surface area (Å²) in [6.45, 7) is 7.27. The minimum atomic E-state index is -4.35. The summed E-state index contributed by atoms with van der Waals surface area (Å²) in [6, 6.07) is 17.7. The Morgan fingerprint density at radius 3 is 2.17 bits per heavy atom. The van der Waals surface area contributed by atoms with Crippen LogP contribution in [0.15, 0.2) is 77.7 Å². The molecule has 41 heavy (non-hydrogen) atoms. The van der Waals surface area contributed by atoms with Gasteiger partial charge in [0.15, 0.2) is 0 Å². The van der Waals surface area contributed by atoms with Gasteiger partial charge in [0.1, 0.15) is 24.2 Å². The number of amides is 2. The first-order valence-corrected chi connectivity index (χ1v) is 15.0. The largest absolute Gasteiger partial charge is 0.497 e. The lowest BCUT2D eigenvalue weighted by molar-refractivity contribution is -0.140. The Balaban J connectivity index is 2.05. The van der Waals surface area contributed by atoms with Gasteiger partial charge in [0.2, 0.25) is 11.8 Å². The van der Waals surface area contributed by atoms with E-state index in [-0.39, 0.29) is 35.4 Å². The molecule has 1 N–H and O–H groups in total. The third kappa shape index (κ3) is 8.07. The average Bonchev–Trinajstić information content (AvgIpc) is 2.95. The van der Waals surface area contributed by atoms with Gasteiger partial charge in [-0.25, -0.2) is 12.8 Å². The Morgan fingerprint density at radius 2 is 1.61 bits per heavy atom. The highest BCUT2D eigenvalue weighted by Crippen LogP contribution is 2.27. The van der Waals surface area contributed by atoms with Crippen molar-refractivity contribution in [3.63, 3.8) is 0 Å². The number of sulfonamides is 1. The number of hydrogen-bond donors (Lipinski definition) is 1. The van der Waals surface area contributed by atoms with Crippen molar-refractivity contribution in [2.75, 3.05) is 24.5 Å². The lowest BCUT2D eigenvalue weighted by Gasteiger charge is -2.33. The van der Waals surface area contributed by atoms with Crippen molar-refractivity contribution >= 4 is 27.5 Å². The second-order valence-corrected chi connectivity index (χ2v) is 12.1. The first-order chi connectivity index (χ1) is 19.5. The molecule has 0 radical (unpaired) electrons. The van der Waals surface area contributed by atoms with Crippen LogP contribution in [0, 0.1) is 18.7 Å². The Kier molecular flexibility index (Phi) is 10.9. The fourth-order valence-corrected chi connectivity index (χ4v) is 5.70. The molecule has 0 fully saturated rings. The number of aryl methyl sites for hydroxylation is 1. The zero-order chi connectivity index (χ0) is 30.2. The molecule has 0 spiro atoms. The lowest BCUT2D eigenvalue weighted by Crippen LogP contribution is -2.52. The number of benzene rings is 3. The SMILES string of the molecule is CC[C@@H](C(=O)NCC(C)C)N(Cc1ccc(OC)cc1)C(=O)CN(c1ccccc1F)S(=O)(=O)c1ccc(C)cc1. The van der Waals surface area contributed by atoms with E-state index in [1.54, 1.807) is 50.4 Å². The number of nitrogens with zero attached hydrogens (tertiary/aromatic N) is 2. The fourth-order valence-electron chi connectivity index (χ4n) is 4.27. The minimum absolute atomic E-state index is 0.0339. The molecule has 3 aromatic rings. The minimum Gasteiger partial charge on any atom is -0.497 e. The van der Waals surface area contributed by atoms with Crippen LogP contribution in [0.25, 0.3) is 0 Å². The van der Waals surface area contributed by atoms with Crippen molar-refractivity contribution < 1.29 is 27.1 Å². The second kappa shape index (κ2) is 14.1. The van der Waals surface area contributed by atoms with Gasteiger partial charge in [-0.15, -0.1) is 0 Å². The Labute approximate surface area is 242 Å². The topological polar surface area (TPSA) is 96.0 Å². The van der Waals surface area contributed by atoms with Crippen molar-refractivity contribution in [2.24, 2.45) is 5.92 Å². The van der Waals surface area contributed by atoms with Crippen LogP contribution in [0.2, 0.25) is 0 Å². The summed E-state index contributed by atoms with van der Waals surface area (Å²) in [4.78, 5) is 28.6. The third-order valence-corrected chi connectivity index (χ3v) is 8.37. The van der Waals surface area contributed by atoms with Gasteiger partial charge in [-0.2, -0.15) is 0 Å². The maximum absolute atomic E-state index is 15.0. The molecule has 3 rings (SSSR count). The number of ether oxygens (including phenoxy) is 1. The smallest absolute Gasteiger partial charge is 0.264 e. The van der Waals surface area contributed by atoms with E-state index in [2.05, 4.69) is 5.32 Å². The van der Waals surface area contributed by atoms with E-state index in [1.165, 1.54) is 35.2 Å². The van der Waals surface area contributed by atoms with Crippen molar-refractivity contribution in [1.82, 2.24) is 10.2 Å². The first-order valence-electron chi connectivity index (χ1n) is 13.5. The van der Waals surface area contributed by atoms with Crippen LogP contribution in [-0.2, 0) is 26.2 Å². The number of hydrogen-bond acceptors (Lipinski definition) is 5. The number of anilines is 1. The molecule has 3 aromatic carbocycles. The monoisotopic (exact) mass is 583 g/mol. The standard InChI is InChI=1S/C31H38FN3O5S/c1-6-28(31(37)33-19-22(2)3)34(20-24-13-15-25(40-5)16-14-24)30(36)21-35(29-10-8-7-9-27(29)32)41(38,39)26-17-11-23(4)12-18-26/h7-18,22,28H,6,19-21H2,1-5H3,(H,33,37)/t28-/m0/s1. The molecule has 220 valence electrons. The molecule has 0 aliphatic carbocycles. The summed E-state index contributed by atoms with van der Waals surface area (Å²) < 4.78 is 48.7. The molecule has 1 atom stereocenters. The Hall–Kier alpha value is -3.92. The third-order valence-electron chi connectivity index (χ3n) is 6.59. The molecule has 2 amide bonds. The van der Waals surface area contributed by atoms with E-state index in [9.17, 15) is 18.0 Å². The quantitative estimate of drug-likeness (QED) is 0.308. The van der Waals surface area contributed by atoms with Crippen LogP contribution in [0.4, 0.5) is 10.1 Å². The predicted molar refractivity (Wildman–Crippen MR) is 158 cm³/mol. The number of para-hydroxylation sites is 1. The van der Waals surface area contributed by atoms with Crippen LogP contribution >= 0.6 is 0 Å². The molecule has 0 saturated heterocycles. The van der Waals surface area contributed by atoms with Gasteiger partial charge in [-0.05, 0) is 61.2 Å². The number of halogens is 1. The molecule has 0 aliphatic rings. The fraction of sp³-hybridized carbons (Fsp3) is 0.355. The number of nitrogens with one attached hydrogen (secondary N) is 1. The van der Waals surface area contributed by atoms with E-state index < -0.39 is 34.3 Å². The first kappa shape index (κ1) is 31.6. The number of carbonyl (C=O) groups is 2. The maximum atomic E-state index is 15.0. The van der Waals surface area contributed by atoms with Crippen molar-refractivity contribution in [1.29, 1.82) is 0 Å². The zero-order valence-electron chi connectivity index (χ0n) is 24.1. The molecule has 8 nitrogen and oxygen atoms in total. The molecule has 0 saturated carbocycles. The van der Waals surface area contributed by atoms with Gasteiger partial charge < -0.3 is 15.0 Å². The summed E-state index contributed by atoms with van der Waals surface area (Å²) in [6.07, 6.45) is 0.288. The summed E-state index contributed by atoms with van der Waals surface area (Å²) in [7, 11) is -2.80. The average molecular weight is 584 g/mol. The van der Waals surface area contributed by atoms with Gasteiger partial charge in [-0.1, -0.05) is 62.7 Å². The number of rotatable bonds is 13. The van der Waals surface area contributed by atoms with Crippen LogP contribution < -0.4 is 14.4 Å². The van der Waals surface area contributed by atoms with Crippen LogP contribution in [-0.4, -0.2) is 51.4 Å². The predicted octanol–water partition coefficient (Wildman–Crippen LogP) is 4.92. The lowest BCUT2D eigenvalue weighted by atomic mass is 10.1. The zero-order valence-corrected chi connectivity index (χ0v) is 24.9. The van der Waals surface area contributed by atoms with E-state index in [0.717, 1.165) is 15.9 Å². The second-order valence-electron chi connectivity index (χ2n) is 10.2. The molecule has 0 aliphatic heterocycles. The summed E-state index contributed by atoms with van der Waals surface area (Å²) in [5.41, 5.74) is 1.30. The maximum Gasteiger partial charge on any atom is 0.264 e. The van der Waals surface area contributed by atoms with E-state index in [1.807, 2.05) is 20.8 Å². The van der Waals surface area contributed by atoms with Gasteiger partial charge >= 0.3 is 0 Å². The summed E-state index contributed by atoms with van der Waals surface area (Å²) >= 11 is 0. The van der Waals surface area contributed by atoms with Crippen molar-refractivity contribution in [3.05, 3.63) is 89.7 Å². The molecular formula is C31H38FN3O5S. The highest BCUT2D eigenvalue weighted by atomic mass is 32.2. The summed E-state index contributed by atoms with van der Waals surface area (Å²) in [5, 5.41) is 2.88. The molecule has 0 aromatic heterocycles. The van der Waals surface area contributed by atoms with Crippen LogP contribution in [0.3, 0.4) is 0 Å². The van der Waals surface area contributed by atoms with Crippen molar-refractivity contribution in [2.45, 2.75) is 51.6 Å². The van der Waals surface area contributed by atoms with Gasteiger partial charge in [0, 0.05) is 13.1 Å². The molecule has 0 unspecified atom stereocenters. The van der Waals surface area contributed by atoms with Crippen LogP contribution in [0.1, 0.15) is 38.3 Å². The molecular weight excluding hydrogens is 545 g/mol. The van der Waals surface area contributed by atoms with Gasteiger partial charge in [0.25, 0.3) is 10.0 Å². The van der Waals surface area contributed by atoms with E-state index in [4.69, 9.17) is 4.74 Å². The van der Waals surface area contributed by atoms with Gasteiger partial charge in [0.05, 0.1) is 17.7 Å². The van der Waals surface area contributed by atoms with Crippen molar-refractivity contribution in [3.8, 4) is 5.75 Å². The Morgan fingerprint density at radius 1 is 0.976 bits per heavy atom.